The highest BCUT2D eigenvalue weighted by Gasteiger charge is 2.19. The molecule has 4 rings (SSSR count). The SMILES string of the molecule is Cc1cc(C)c2c(C)c(C(=O)NCc3ccc(Oc4ccc(C)c(C)c4)cc3)oc2c1. The summed E-state index contributed by atoms with van der Waals surface area (Å²) in [5, 5.41) is 3.98. The van der Waals surface area contributed by atoms with E-state index < -0.39 is 0 Å². The third-order valence-electron chi connectivity index (χ3n) is 5.67. The zero-order chi connectivity index (χ0) is 22.1. The van der Waals surface area contributed by atoms with Crippen molar-refractivity contribution in [2.75, 3.05) is 0 Å². The topological polar surface area (TPSA) is 51.5 Å². The van der Waals surface area contributed by atoms with Crippen LogP contribution in [-0.4, -0.2) is 5.91 Å². The second-order valence-corrected chi connectivity index (χ2v) is 8.19. The van der Waals surface area contributed by atoms with Crippen molar-refractivity contribution in [2.45, 2.75) is 41.2 Å². The highest BCUT2D eigenvalue weighted by atomic mass is 16.5. The fourth-order valence-corrected chi connectivity index (χ4v) is 3.86. The van der Waals surface area contributed by atoms with E-state index in [0.29, 0.717) is 12.3 Å². The van der Waals surface area contributed by atoms with Gasteiger partial charge in [0, 0.05) is 17.5 Å². The molecule has 4 heteroatoms. The largest absolute Gasteiger partial charge is 0.457 e. The lowest BCUT2D eigenvalue weighted by molar-refractivity contribution is 0.0924. The first-order chi connectivity index (χ1) is 14.8. The average Bonchev–Trinajstić information content (AvgIpc) is 3.06. The van der Waals surface area contributed by atoms with Gasteiger partial charge in [0.1, 0.15) is 17.1 Å². The van der Waals surface area contributed by atoms with Gasteiger partial charge in [-0.15, -0.1) is 0 Å². The van der Waals surface area contributed by atoms with E-state index in [1.807, 2.05) is 63.2 Å². The summed E-state index contributed by atoms with van der Waals surface area (Å²) in [6.45, 7) is 10.6. The standard InChI is InChI=1S/C27H27NO3/c1-16-12-19(4)25-20(5)26(31-24(25)13-16)27(29)28-15-21-7-10-22(11-8-21)30-23-9-6-17(2)18(3)14-23/h6-14H,15H2,1-5H3,(H,28,29). The number of hydrogen-bond acceptors (Lipinski definition) is 3. The highest BCUT2D eigenvalue weighted by molar-refractivity contribution is 5.99. The van der Waals surface area contributed by atoms with Crippen LogP contribution in [0.25, 0.3) is 11.0 Å². The van der Waals surface area contributed by atoms with Crippen molar-refractivity contribution in [3.05, 3.63) is 93.7 Å². The number of ether oxygens (including phenoxy) is 1. The molecular formula is C27H27NO3. The minimum Gasteiger partial charge on any atom is -0.457 e. The van der Waals surface area contributed by atoms with E-state index in [-0.39, 0.29) is 5.91 Å². The molecule has 0 aliphatic rings. The minimum absolute atomic E-state index is 0.207. The molecule has 1 aromatic heterocycles. The number of aryl methyl sites for hydroxylation is 5. The number of nitrogens with one attached hydrogen (secondary N) is 1. The summed E-state index contributed by atoms with van der Waals surface area (Å²) >= 11 is 0. The van der Waals surface area contributed by atoms with Crippen molar-refractivity contribution < 1.29 is 13.9 Å². The summed E-state index contributed by atoms with van der Waals surface area (Å²) in [4.78, 5) is 12.7. The van der Waals surface area contributed by atoms with Gasteiger partial charge in [-0.1, -0.05) is 24.3 Å². The Balaban J connectivity index is 1.43. The van der Waals surface area contributed by atoms with Crippen LogP contribution in [0.15, 0.2) is 59.0 Å². The smallest absolute Gasteiger partial charge is 0.287 e. The molecule has 0 aliphatic heterocycles. The molecule has 4 aromatic rings. The number of amides is 1. The third-order valence-corrected chi connectivity index (χ3v) is 5.67. The van der Waals surface area contributed by atoms with Crippen molar-refractivity contribution in [3.8, 4) is 11.5 Å². The van der Waals surface area contributed by atoms with Gasteiger partial charge in [0.25, 0.3) is 5.91 Å². The van der Waals surface area contributed by atoms with Crippen molar-refractivity contribution in [3.63, 3.8) is 0 Å². The molecule has 0 bridgehead atoms. The van der Waals surface area contributed by atoms with Gasteiger partial charge < -0.3 is 14.5 Å². The molecule has 0 saturated carbocycles. The van der Waals surface area contributed by atoms with Gasteiger partial charge in [-0.2, -0.15) is 0 Å². The van der Waals surface area contributed by atoms with Crippen molar-refractivity contribution >= 4 is 16.9 Å². The fourth-order valence-electron chi connectivity index (χ4n) is 3.86. The maximum atomic E-state index is 12.7. The Labute approximate surface area is 182 Å². The number of fused-ring (bicyclic) bond motifs is 1. The fraction of sp³-hybridized carbons (Fsp3) is 0.222. The van der Waals surface area contributed by atoms with Gasteiger partial charge in [0.05, 0.1) is 0 Å². The molecule has 1 heterocycles. The molecular weight excluding hydrogens is 386 g/mol. The second-order valence-electron chi connectivity index (χ2n) is 8.19. The molecule has 1 N–H and O–H groups in total. The van der Waals surface area contributed by atoms with Crippen molar-refractivity contribution in [1.82, 2.24) is 5.32 Å². The maximum Gasteiger partial charge on any atom is 0.287 e. The first-order valence-corrected chi connectivity index (χ1v) is 10.4. The first kappa shape index (κ1) is 20.7. The van der Waals surface area contributed by atoms with Crippen LogP contribution in [0.2, 0.25) is 0 Å². The van der Waals surface area contributed by atoms with E-state index in [0.717, 1.165) is 44.7 Å². The highest BCUT2D eigenvalue weighted by Crippen LogP contribution is 2.29. The molecule has 0 fully saturated rings. The Morgan fingerprint density at radius 1 is 0.839 bits per heavy atom. The molecule has 31 heavy (non-hydrogen) atoms. The van der Waals surface area contributed by atoms with E-state index >= 15 is 0 Å². The van der Waals surface area contributed by atoms with E-state index in [4.69, 9.17) is 9.15 Å². The van der Waals surface area contributed by atoms with Gasteiger partial charge in [0.2, 0.25) is 0 Å². The number of carbonyl (C=O) groups is 1. The molecule has 0 radical (unpaired) electrons. The Bertz CT molecular complexity index is 1270. The predicted molar refractivity (Wildman–Crippen MR) is 124 cm³/mol. The Kier molecular flexibility index (Phi) is 5.55. The van der Waals surface area contributed by atoms with E-state index in [1.165, 1.54) is 11.1 Å². The predicted octanol–water partition coefficient (Wildman–Crippen LogP) is 6.70. The average molecular weight is 414 g/mol. The van der Waals surface area contributed by atoms with Gasteiger partial charge in [-0.25, -0.2) is 0 Å². The Morgan fingerprint density at radius 2 is 1.55 bits per heavy atom. The van der Waals surface area contributed by atoms with Gasteiger partial charge in [0.15, 0.2) is 5.76 Å². The molecule has 0 aliphatic carbocycles. The summed E-state index contributed by atoms with van der Waals surface area (Å²) in [6, 6.07) is 17.9. The van der Waals surface area contributed by atoms with Crippen LogP contribution < -0.4 is 10.1 Å². The lowest BCUT2D eigenvalue weighted by Crippen LogP contribution is -2.22. The molecule has 0 unspecified atom stereocenters. The molecule has 0 spiro atoms. The Morgan fingerprint density at radius 3 is 2.26 bits per heavy atom. The monoisotopic (exact) mass is 413 g/mol. The minimum atomic E-state index is -0.207. The summed E-state index contributed by atoms with van der Waals surface area (Å²) in [7, 11) is 0. The van der Waals surface area contributed by atoms with Crippen LogP contribution in [-0.2, 0) is 6.54 Å². The van der Waals surface area contributed by atoms with Crippen LogP contribution in [0, 0.1) is 34.6 Å². The van der Waals surface area contributed by atoms with Crippen LogP contribution in [0.4, 0.5) is 0 Å². The van der Waals surface area contributed by atoms with Crippen molar-refractivity contribution in [2.24, 2.45) is 0 Å². The summed E-state index contributed by atoms with van der Waals surface area (Å²) in [5.41, 5.74) is 7.30. The first-order valence-electron chi connectivity index (χ1n) is 10.4. The zero-order valence-electron chi connectivity index (χ0n) is 18.6. The Hall–Kier alpha value is -3.53. The van der Waals surface area contributed by atoms with Gasteiger partial charge in [-0.3, -0.25) is 4.79 Å². The third kappa shape index (κ3) is 4.33. The summed E-state index contributed by atoms with van der Waals surface area (Å²) in [5.74, 6) is 1.74. The number of hydrogen-bond donors (Lipinski definition) is 1. The number of rotatable bonds is 5. The molecule has 3 aromatic carbocycles. The molecule has 0 atom stereocenters. The van der Waals surface area contributed by atoms with Gasteiger partial charge >= 0.3 is 0 Å². The van der Waals surface area contributed by atoms with Crippen LogP contribution in [0.1, 0.15) is 43.9 Å². The molecule has 1 amide bonds. The second kappa shape index (κ2) is 8.31. The summed E-state index contributed by atoms with van der Waals surface area (Å²) in [6.07, 6.45) is 0. The van der Waals surface area contributed by atoms with Gasteiger partial charge in [-0.05, 0) is 92.8 Å². The normalized spacial score (nSPS) is 11.0. The quantitative estimate of drug-likeness (QED) is 0.396. The summed E-state index contributed by atoms with van der Waals surface area (Å²) < 4.78 is 11.8. The number of furan rings is 1. The van der Waals surface area contributed by atoms with E-state index in [1.54, 1.807) is 0 Å². The molecule has 4 nitrogen and oxygen atoms in total. The van der Waals surface area contributed by atoms with E-state index in [2.05, 4.69) is 31.3 Å². The van der Waals surface area contributed by atoms with Crippen molar-refractivity contribution in [1.29, 1.82) is 0 Å². The van der Waals surface area contributed by atoms with Crippen LogP contribution in [0.5, 0.6) is 11.5 Å². The number of benzene rings is 3. The number of carbonyl (C=O) groups excluding carboxylic acids is 1. The molecule has 158 valence electrons. The molecule has 0 saturated heterocycles. The van der Waals surface area contributed by atoms with Crippen LogP contribution in [0.3, 0.4) is 0 Å². The van der Waals surface area contributed by atoms with Crippen LogP contribution >= 0.6 is 0 Å². The van der Waals surface area contributed by atoms with E-state index in [9.17, 15) is 4.79 Å². The lowest BCUT2D eigenvalue weighted by Gasteiger charge is -2.09. The zero-order valence-corrected chi connectivity index (χ0v) is 18.6. The maximum absolute atomic E-state index is 12.7. The lowest BCUT2D eigenvalue weighted by atomic mass is 10.0.